The van der Waals surface area contributed by atoms with E-state index in [1.807, 2.05) is 23.2 Å². The number of thiazole rings is 1. The molecule has 3 rings (SSSR count). The van der Waals surface area contributed by atoms with Gasteiger partial charge in [-0.05, 0) is 5.92 Å². The quantitative estimate of drug-likeness (QED) is 0.739. The maximum absolute atomic E-state index is 4.64. The summed E-state index contributed by atoms with van der Waals surface area (Å²) < 4.78 is 3.60. The largest absolute Gasteiger partial charge is 0.251 e. The molecule has 0 aliphatic rings. The Morgan fingerprint density at radius 3 is 2.80 bits per heavy atom. The van der Waals surface area contributed by atoms with E-state index in [0.717, 1.165) is 29.6 Å². The number of nitrogens with zero attached hydrogens (tertiary/aromatic N) is 6. The van der Waals surface area contributed by atoms with Gasteiger partial charge in [-0.2, -0.15) is 9.78 Å². The molecule has 0 N–H and O–H groups in total. The Balaban J connectivity index is 2.12. The SMILES string of the molecule is CC(C)Cc1nc(-c2cscn2)n(-c2ccnn2C)n1. The molecule has 104 valence electrons. The highest BCUT2D eigenvalue weighted by Crippen LogP contribution is 2.21. The molecule has 0 atom stereocenters. The number of aromatic nitrogens is 6. The highest BCUT2D eigenvalue weighted by molar-refractivity contribution is 7.07. The molecule has 3 heterocycles. The maximum Gasteiger partial charge on any atom is 0.184 e. The second-order valence-electron chi connectivity index (χ2n) is 5.05. The molecule has 0 saturated heterocycles. The minimum atomic E-state index is 0.515. The van der Waals surface area contributed by atoms with E-state index in [1.54, 1.807) is 27.7 Å². The smallest absolute Gasteiger partial charge is 0.184 e. The van der Waals surface area contributed by atoms with Crippen molar-refractivity contribution in [3.8, 4) is 17.3 Å². The molecule has 0 aliphatic heterocycles. The average molecular weight is 288 g/mol. The highest BCUT2D eigenvalue weighted by atomic mass is 32.1. The van der Waals surface area contributed by atoms with E-state index in [0.29, 0.717) is 5.92 Å². The Labute approximate surface area is 121 Å². The van der Waals surface area contributed by atoms with Crippen LogP contribution in [-0.2, 0) is 13.5 Å². The van der Waals surface area contributed by atoms with Crippen molar-refractivity contribution in [2.75, 3.05) is 0 Å². The lowest BCUT2D eigenvalue weighted by Crippen LogP contribution is -2.06. The third-order valence-corrected chi connectivity index (χ3v) is 3.50. The van der Waals surface area contributed by atoms with Crippen molar-refractivity contribution < 1.29 is 0 Å². The Kier molecular flexibility index (Phi) is 3.35. The summed E-state index contributed by atoms with van der Waals surface area (Å²) in [6, 6.07) is 1.92. The zero-order chi connectivity index (χ0) is 14.1. The average Bonchev–Trinajstić information content (AvgIpc) is 3.07. The minimum Gasteiger partial charge on any atom is -0.251 e. The molecule has 0 aromatic carbocycles. The van der Waals surface area contributed by atoms with Crippen LogP contribution in [0.3, 0.4) is 0 Å². The van der Waals surface area contributed by atoms with Crippen LogP contribution in [0.4, 0.5) is 0 Å². The van der Waals surface area contributed by atoms with E-state index < -0.39 is 0 Å². The molecule has 20 heavy (non-hydrogen) atoms. The van der Waals surface area contributed by atoms with Crippen molar-refractivity contribution >= 4 is 11.3 Å². The third-order valence-electron chi connectivity index (χ3n) is 2.92. The fourth-order valence-corrected chi connectivity index (χ4v) is 2.56. The Morgan fingerprint density at radius 1 is 1.35 bits per heavy atom. The maximum atomic E-state index is 4.64. The van der Waals surface area contributed by atoms with Gasteiger partial charge >= 0.3 is 0 Å². The molecule has 7 heteroatoms. The molecule has 0 amide bonds. The van der Waals surface area contributed by atoms with Crippen molar-refractivity contribution in [3.63, 3.8) is 0 Å². The molecule has 0 fully saturated rings. The van der Waals surface area contributed by atoms with Crippen molar-refractivity contribution in [1.82, 2.24) is 29.5 Å². The topological polar surface area (TPSA) is 61.4 Å². The van der Waals surface area contributed by atoms with E-state index in [-0.39, 0.29) is 0 Å². The van der Waals surface area contributed by atoms with Gasteiger partial charge in [0.1, 0.15) is 5.69 Å². The fraction of sp³-hybridized carbons (Fsp3) is 0.385. The predicted octanol–water partition coefficient (Wildman–Crippen LogP) is 2.32. The molecule has 3 aromatic heterocycles. The number of aryl methyl sites for hydroxylation is 1. The van der Waals surface area contributed by atoms with Gasteiger partial charge in [0.2, 0.25) is 0 Å². The van der Waals surface area contributed by atoms with Gasteiger partial charge in [0.15, 0.2) is 17.5 Å². The van der Waals surface area contributed by atoms with Crippen LogP contribution in [0.2, 0.25) is 0 Å². The molecule has 0 bridgehead atoms. The number of hydrogen-bond donors (Lipinski definition) is 0. The van der Waals surface area contributed by atoms with Crippen LogP contribution < -0.4 is 0 Å². The second kappa shape index (κ2) is 5.16. The van der Waals surface area contributed by atoms with Crippen LogP contribution in [0.15, 0.2) is 23.2 Å². The molecule has 0 radical (unpaired) electrons. The van der Waals surface area contributed by atoms with E-state index in [9.17, 15) is 0 Å². The van der Waals surface area contributed by atoms with Crippen molar-refractivity contribution in [3.05, 3.63) is 29.0 Å². The number of hydrogen-bond acceptors (Lipinski definition) is 5. The van der Waals surface area contributed by atoms with Gasteiger partial charge in [0.05, 0.1) is 11.7 Å². The summed E-state index contributed by atoms with van der Waals surface area (Å²) in [5.74, 6) is 3.01. The first kappa shape index (κ1) is 13.0. The summed E-state index contributed by atoms with van der Waals surface area (Å²) in [6.07, 6.45) is 2.60. The van der Waals surface area contributed by atoms with Gasteiger partial charge in [-0.1, -0.05) is 13.8 Å². The van der Waals surface area contributed by atoms with Crippen molar-refractivity contribution in [2.24, 2.45) is 13.0 Å². The fourth-order valence-electron chi connectivity index (χ4n) is 2.03. The first-order chi connectivity index (χ1) is 9.65. The van der Waals surface area contributed by atoms with Crippen LogP contribution in [-0.4, -0.2) is 29.5 Å². The van der Waals surface area contributed by atoms with Gasteiger partial charge < -0.3 is 0 Å². The van der Waals surface area contributed by atoms with Crippen LogP contribution in [0, 0.1) is 5.92 Å². The Morgan fingerprint density at radius 2 is 2.20 bits per heavy atom. The Bertz CT molecular complexity index is 694. The molecular formula is C13H16N6S. The summed E-state index contributed by atoms with van der Waals surface area (Å²) in [4.78, 5) is 8.99. The van der Waals surface area contributed by atoms with E-state index >= 15 is 0 Å². The monoisotopic (exact) mass is 288 g/mol. The van der Waals surface area contributed by atoms with Gasteiger partial charge in [-0.3, -0.25) is 4.68 Å². The Hall–Kier alpha value is -2.02. The van der Waals surface area contributed by atoms with Crippen LogP contribution >= 0.6 is 11.3 Å². The van der Waals surface area contributed by atoms with Crippen LogP contribution in [0.25, 0.3) is 17.3 Å². The molecule has 0 spiro atoms. The van der Waals surface area contributed by atoms with E-state index in [2.05, 4.69) is 34.0 Å². The van der Waals surface area contributed by atoms with Crippen molar-refractivity contribution in [1.29, 1.82) is 0 Å². The molecular weight excluding hydrogens is 272 g/mol. The van der Waals surface area contributed by atoms with Gasteiger partial charge in [-0.25, -0.2) is 9.97 Å². The summed E-state index contributed by atoms with van der Waals surface area (Å²) >= 11 is 1.55. The van der Waals surface area contributed by atoms with Crippen molar-refractivity contribution in [2.45, 2.75) is 20.3 Å². The van der Waals surface area contributed by atoms with Crippen LogP contribution in [0.5, 0.6) is 0 Å². The lowest BCUT2D eigenvalue weighted by Gasteiger charge is -2.03. The normalized spacial score (nSPS) is 11.4. The third kappa shape index (κ3) is 2.36. The second-order valence-corrected chi connectivity index (χ2v) is 5.77. The lowest BCUT2D eigenvalue weighted by atomic mass is 10.1. The van der Waals surface area contributed by atoms with Crippen LogP contribution in [0.1, 0.15) is 19.7 Å². The summed E-state index contributed by atoms with van der Waals surface area (Å²) in [5, 5.41) is 10.8. The summed E-state index contributed by atoms with van der Waals surface area (Å²) in [7, 11) is 1.89. The van der Waals surface area contributed by atoms with Gasteiger partial charge in [0.25, 0.3) is 0 Å². The predicted molar refractivity (Wildman–Crippen MR) is 77.8 cm³/mol. The standard InChI is InChI=1S/C13H16N6S/c1-9(2)6-11-16-13(10-7-20-8-14-10)19(17-11)12-4-5-15-18(12)3/h4-5,7-9H,6H2,1-3H3. The molecule has 6 nitrogen and oxygen atoms in total. The zero-order valence-electron chi connectivity index (χ0n) is 11.7. The van der Waals surface area contributed by atoms with E-state index in [1.165, 1.54) is 0 Å². The molecule has 3 aromatic rings. The zero-order valence-corrected chi connectivity index (χ0v) is 12.5. The minimum absolute atomic E-state index is 0.515. The first-order valence-corrected chi connectivity index (χ1v) is 7.42. The first-order valence-electron chi connectivity index (χ1n) is 6.48. The molecule has 0 aliphatic carbocycles. The number of rotatable bonds is 4. The molecule has 0 saturated carbocycles. The highest BCUT2D eigenvalue weighted by Gasteiger charge is 2.17. The summed E-state index contributed by atoms with van der Waals surface area (Å²) in [5.41, 5.74) is 2.65. The van der Waals surface area contributed by atoms with E-state index in [4.69, 9.17) is 0 Å². The molecule has 0 unspecified atom stereocenters. The summed E-state index contributed by atoms with van der Waals surface area (Å²) in [6.45, 7) is 4.32. The lowest BCUT2D eigenvalue weighted by molar-refractivity contribution is 0.614. The van der Waals surface area contributed by atoms with Gasteiger partial charge in [-0.15, -0.1) is 16.4 Å². The van der Waals surface area contributed by atoms with Gasteiger partial charge in [0, 0.05) is 24.9 Å².